The summed E-state index contributed by atoms with van der Waals surface area (Å²) in [5.74, 6) is 0.0595. The Balaban J connectivity index is 0.000000441. The molecule has 2 N–H and O–H groups in total. The molecule has 1 aliphatic heterocycles. The Kier molecular flexibility index (Phi) is 11.7. The van der Waals surface area contributed by atoms with Crippen molar-refractivity contribution in [3.05, 3.63) is 0 Å². The predicted octanol–water partition coefficient (Wildman–Crippen LogP) is -0.890. The molecule has 142 valence electrons. The van der Waals surface area contributed by atoms with Crippen LogP contribution in [0.2, 0.25) is 0 Å². The number of quaternary nitrogens is 1. The maximum absolute atomic E-state index is 11.0. The summed E-state index contributed by atoms with van der Waals surface area (Å²) in [5.41, 5.74) is 0. The quantitative estimate of drug-likeness (QED) is 0.418. The Hall–Kier alpha value is -1.15. The Morgan fingerprint density at radius 2 is 1.79 bits per heavy atom. The number of unbranched alkanes of at least 4 members (excludes halogenated alkanes) is 2. The van der Waals surface area contributed by atoms with Crippen LogP contribution in [0.15, 0.2) is 0 Å². The smallest absolute Gasteiger partial charge is 0.302 e. The van der Waals surface area contributed by atoms with Gasteiger partial charge in [-0.3, -0.25) is 4.79 Å². The predicted molar refractivity (Wildman–Crippen MR) is 88.7 cm³/mol. The number of ether oxygens (including phenoxy) is 1. The van der Waals surface area contributed by atoms with Gasteiger partial charge < -0.3 is 20.0 Å². The van der Waals surface area contributed by atoms with Gasteiger partial charge in [-0.1, -0.05) is 6.92 Å². The molecule has 2 atom stereocenters. The van der Waals surface area contributed by atoms with Gasteiger partial charge in [-0.25, -0.2) is 8.42 Å². The summed E-state index contributed by atoms with van der Waals surface area (Å²) >= 11 is 0. The van der Waals surface area contributed by atoms with Crippen LogP contribution in [0.5, 0.6) is 0 Å². The topological polar surface area (TPSA) is 117 Å². The molecule has 0 aromatic heterocycles. The average molecular weight is 365 g/mol. The van der Waals surface area contributed by atoms with Crippen LogP contribution < -0.4 is 10.4 Å². The fourth-order valence-corrected chi connectivity index (χ4v) is 3.95. The van der Waals surface area contributed by atoms with Crippen LogP contribution in [0.3, 0.4) is 0 Å². The Morgan fingerprint density at radius 1 is 1.17 bits per heavy atom. The third kappa shape index (κ3) is 13.3. The summed E-state index contributed by atoms with van der Waals surface area (Å²) in [7, 11) is -2.77. The number of carboxylic acids is 1. The maximum Gasteiger partial charge on any atom is 0.302 e. The Morgan fingerprint density at radius 3 is 2.29 bits per heavy atom. The number of nitrogens with two attached hydrogens (primary N) is 1. The highest BCUT2D eigenvalue weighted by atomic mass is 32.2. The molecule has 0 radical (unpaired) electrons. The van der Waals surface area contributed by atoms with Gasteiger partial charge in [0.05, 0.1) is 25.4 Å². The highest BCUT2D eigenvalue weighted by Gasteiger charge is 2.31. The van der Waals surface area contributed by atoms with Crippen LogP contribution in [0.4, 0.5) is 0 Å². The first-order chi connectivity index (χ1) is 11.2. The Labute approximate surface area is 145 Å². The summed E-state index contributed by atoms with van der Waals surface area (Å²) in [6.45, 7) is 5.96. The van der Waals surface area contributed by atoms with E-state index in [-0.39, 0.29) is 12.4 Å². The van der Waals surface area contributed by atoms with Gasteiger partial charge >= 0.3 is 5.97 Å². The largest absolute Gasteiger partial charge is 0.550 e. The van der Waals surface area contributed by atoms with Gasteiger partial charge in [0.1, 0.15) is 9.84 Å². The van der Waals surface area contributed by atoms with E-state index in [0.29, 0.717) is 37.0 Å². The third-order valence-electron chi connectivity index (χ3n) is 3.98. The van der Waals surface area contributed by atoms with Gasteiger partial charge in [0.2, 0.25) is 0 Å². The summed E-state index contributed by atoms with van der Waals surface area (Å²) in [4.78, 5) is 20.2. The number of sulfone groups is 1. The van der Waals surface area contributed by atoms with Crippen LogP contribution in [-0.2, 0) is 24.2 Å². The lowest BCUT2D eigenvalue weighted by molar-refractivity contribution is -0.640. The normalized spacial score (nSPS) is 20.1. The second-order valence-electron chi connectivity index (χ2n) is 6.30. The number of hydrogen-bond donors (Lipinski definition) is 1. The molecule has 0 aromatic carbocycles. The summed E-state index contributed by atoms with van der Waals surface area (Å²) in [6.07, 6.45) is 4.58. The van der Waals surface area contributed by atoms with Crippen molar-refractivity contribution < 1.29 is 33.2 Å². The minimum Gasteiger partial charge on any atom is -0.550 e. The molecule has 0 aromatic rings. The lowest BCUT2D eigenvalue weighted by Crippen LogP contribution is -2.81. The van der Waals surface area contributed by atoms with E-state index in [2.05, 4.69) is 17.0 Å². The van der Waals surface area contributed by atoms with E-state index in [1.807, 2.05) is 0 Å². The first-order valence-corrected chi connectivity index (χ1v) is 10.5. The molecule has 0 saturated carbocycles. The van der Waals surface area contributed by atoms with Gasteiger partial charge in [0, 0.05) is 31.0 Å². The van der Waals surface area contributed by atoms with E-state index in [1.54, 1.807) is 0 Å². The van der Waals surface area contributed by atoms with E-state index in [0.717, 1.165) is 25.9 Å². The number of hydrogen-bond acceptors (Lipinski definition) is 6. The fourth-order valence-electron chi connectivity index (χ4n) is 2.77. The van der Waals surface area contributed by atoms with Gasteiger partial charge in [0.25, 0.3) is 0 Å². The Bertz CT molecular complexity index is 459. The van der Waals surface area contributed by atoms with Gasteiger partial charge in [-0.15, -0.1) is 0 Å². The summed E-state index contributed by atoms with van der Waals surface area (Å²) < 4.78 is 26.7. The van der Waals surface area contributed by atoms with Crippen molar-refractivity contribution in [2.45, 2.75) is 46.0 Å². The number of carbonyl (C=O) groups excluding carboxylic acids is 2. The number of esters is 1. The molecule has 1 saturated heterocycles. The van der Waals surface area contributed by atoms with Crippen molar-refractivity contribution in [1.82, 2.24) is 0 Å². The molecule has 8 heteroatoms. The first-order valence-electron chi connectivity index (χ1n) is 8.48. The van der Waals surface area contributed by atoms with Crippen molar-refractivity contribution in [3.63, 3.8) is 0 Å². The molecule has 0 spiro atoms. The van der Waals surface area contributed by atoms with Crippen molar-refractivity contribution in [2.75, 3.05) is 31.7 Å². The molecule has 1 rings (SSSR count). The monoisotopic (exact) mass is 365 g/mol. The molecular formula is C16H31NO6S. The number of rotatable bonds is 9. The molecule has 0 bridgehead atoms. The molecule has 1 heterocycles. The SMILES string of the molecule is CC(=O)OCCCCCC(=O)[O-].CCC1C[NH2+]CC1CS(C)(=O)=O. The van der Waals surface area contributed by atoms with E-state index in [4.69, 9.17) is 0 Å². The summed E-state index contributed by atoms with van der Waals surface area (Å²) in [5, 5.41) is 12.2. The zero-order chi connectivity index (χ0) is 18.6. The second-order valence-corrected chi connectivity index (χ2v) is 8.49. The second kappa shape index (κ2) is 12.2. The van der Waals surface area contributed by atoms with E-state index >= 15 is 0 Å². The fraction of sp³-hybridized carbons (Fsp3) is 0.875. The number of carbonyl (C=O) groups is 2. The van der Waals surface area contributed by atoms with Gasteiger partial charge in [-0.2, -0.15) is 0 Å². The lowest BCUT2D eigenvalue weighted by Gasteiger charge is -2.11. The molecule has 7 nitrogen and oxygen atoms in total. The minimum atomic E-state index is -2.77. The zero-order valence-corrected chi connectivity index (χ0v) is 15.8. The van der Waals surface area contributed by atoms with Crippen molar-refractivity contribution in [3.8, 4) is 0 Å². The van der Waals surface area contributed by atoms with Crippen molar-refractivity contribution in [1.29, 1.82) is 0 Å². The molecule has 0 amide bonds. The molecule has 1 aliphatic rings. The van der Waals surface area contributed by atoms with E-state index in [1.165, 1.54) is 13.2 Å². The standard InChI is InChI=1S/C8H17NO2S.C8H14O4/c1-3-7-4-9-5-8(7)6-12(2,10)11;1-7(9)12-6-4-2-3-5-8(10)11/h7-9H,3-6H2,1-2H3;2-6H2,1H3,(H,10,11). The van der Waals surface area contributed by atoms with Crippen LogP contribution >= 0.6 is 0 Å². The van der Waals surface area contributed by atoms with Gasteiger partial charge in [0.15, 0.2) is 0 Å². The maximum atomic E-state index is 11.0. The lowest BCUT2D eigenvalue weighted by atomic mass is 9.96. The highest BCUT2D eigenvalue weighted by Crippen LogP contribution is 2.17. The highest BCUT2D eigenvalue weighted by molar-refractivity contribution is 7.90. The molecule has 24 heavy (non-hydrogen) atoms. The summed E-state index contributed by atoms with van der Waals surface area (Å²) in [6, 6.07) is 0. The minimum absolute atomic E-state index is 0.0834. The van der Waals surface area contributed by atoms with Crippen molar-refractivity contribution in [2.24, 2.45) is 11.8 Å². The zero-order valence-electron chi connectivity index (χ0n) is 15.0. The third-order valence-corrected chi connectivity index (χ3v) is 5.01. The van der Waals surface area contributed by atoms with Gasteiger partial charge in [-0.05, 0) is 32.1 Å². The van der Waals surface area contributed by atoms with Crippen LogP contribution in [-0.4, -0.2) is 52.1 Å². The van der Waals surface area contributed by atoms with Crippen LogP contribution in [0.1, 0.15) is 46.0 Å². The molecular weight excluding hydrogens is 334 g/mol. The number of aliphatic carboxylic acids is 1. The molecule has 2 unspecified atom stereocenters. The first kappa shape index (κ1) is 22.9. The molecule has 0 aliphatic carbocycles. The van der Waals surface area contributed by atoms with Crippen LogP contribution in [0.25, 0.3) is 0 Å². The molecule has 1 fully saturated rings. The van der Waals surface area contributed by atoms with Crippen molar-refractivity contribution >= 4 is 21.8 Å². The number of carboxylic acid groups (broad SMARTS) is 1. The van der Waals surface area contributed by atoms with E-state index < -0.39 is 15.8 Å². The van der Waals surface area contributed by atoms with E-state index in [9.17, 15) is 23.1 Å². The average Bonchev–Trinajstić information content (AvgIpc) is 2.87. The van der Waals surface area contributed by atoms with Crippen LogP contribution in [0, 0.1) is 11.8 Å².